The lowest BCUT2D eigenvalue weighted by Crippen LogP contribution is -2.09. The normalized spacial score (nSPS) is 11.7. The van der Waals surface area contributed by atoms with Gasteiger partial charge in [-0.3, -0.25) is 0 Å². The number of aromatic nitrogens is 1. The molecule has 1 aromatic carbocycles. The van der Waals surface area contributed by atoms with Gasteiger partial charge in [0.15, 0.2) is 0 Å². The summed E-state index contributed by atoms with van der Waals surface area (Å²) in [6, 6.07) is 2.86. The Kier molecular flexibility index (Phi) is 4.13. The summed E-state index contributed by atoms with van der Waals surface area (Å²) in [4.78, 5) is 3.84. The van der Waals surface area contributed by atoms with Gasteiger partial charge in [-0.2, -0.15) is 13.2 Å². The molecule has 1 heterocycles. The summed E-state index contributed by atoms with van der Waals surface area (Å²) in [7, 11) is 0. The number of pyridine rings is 1. The number of benzene rings is 1. The third-order valence-corrected chi connectivity index (χ3v) is 3.59. The van der Waals surface area contributed by atoms with Crippen molar-refractivity contribution in [1.82, 2.24) is 4.98 Å². The van der Waals surface area contributed by atoms with E-state index in [4.69, 9.17) is 10.5 Å². The number of hydrogen-bond acceptors (Lipinski definition) is 3. The fourth-order valence-corrected chi connectivity index (χ4v) is 2.68. The van der Waals surface area contributed by atoms with E-state index in [-0.39, 0.29) is 27.0 Å². The summed E-state index contributed by atoms with van der Waals surface area (Å²) in [5, 5.41) is 0.249. The molecule has 0 saturated heterocycles. The molecule has 0 saturated carbocycles. The van der Waals surface area contributed by atoms with Gasteiger partial charge in [0, 0.05) is 16.1 Å². The van der Waals surface area contributed by atoms with Crippen LogP contribution in [0.5, 0.6) is 0 Å². The molecule has 2 rings (SSSR count). The lowest BCUT2D eigenvalue weighted by Gasteiger charge is -2.16. The molecule has 7 heteroatoms. The zero-order valence-corrected chi connectivity index (χ0v) is 12.7. The third-order valence-electron chi connectivity index (χ3n) is 2.93. The van der Waals surface area contributed by atoms with Crippen molar-refractivity contribution in [1.29, 1.82) is 0 Å². The minimum Gasteiger partial charge on any atom is -0.494 e. The first-order valence-electron chi connectivity index (χ1n) is 6.03. The van der Waals surface area contributed by atoms with E-state index in [0.717, 1.165) is 6.20 Å². The second-order valence-corrected chi connectivity index (χ2v) is 5.11. The van der Waals surface area contributed by atoms with Crippen molar-refractivity contribution in [3.63, 3.8) is 0 Å². The van der Waals surface area contributed by atoms with Gasteiger partial charge >= 0.3 is 6.18 Å². The smallest absolute Gasteiger partial charge is 0.418 e. The highest BCUT2D eigenvalue weighted by Crippen LogP contribution is 2.41. The molecule has 0 aliphatic carbocycles. The molecule has 0 unspecified atom stereocenters. The summed E-state index contributed by atoms with van der Waals surface area (Å²) in [5.74, 6) is 0.278. The first-order valence-corrected chi connectivity index (χ1v) is 6.82. The minimum atomic E-state index is -4.51. The second kappa shape index (κ2) is 5.55. The molecule has 2 aromatic rings. The van der Waals surface area contributed by atoms with E-state index in [1.54, 1.807) is 6.92 Å². The number of nitrogens with zero attached hydrogens (tertiary/aromatic N) is 1. The maximum atomic E-state index is 13.2. The van der Waals surface area contributed by atoms with Crippen molar-refractivity contribution in [2.75, 3.05) is 12.3 Å². The molecule has 0 radical (unpaired) electrons. The number of ether oxygens (including phenoxy) is 1. The third kappa shape index (κ3) is 2.83. The monoisotopic (exact) mass is 360 g/mol. The van der Waals surface area contributed by atoms with Gasteiger partial charge in [0.25, 0.3) is 0 Å². The molecule has 0 amide bonds. The largest absolute Gasteiger partial charge is 0.494 e. The van der Waals surface area contributed by atoms with E-state index in [1.807, 2.05) is 0 Å². The Bertz CT molecular complexity index is 713. The van der Waals surface area contributed by atoms with Crippen molar-refractivity contribution in [3.8, 4) is 0 Å². The number of alkyl halides is 3. The highest BCUT2D eigenvalue weighted by Gasteiger charge is 2.35. The zero-order chi connectivity index (χ0) is 15.8. The van der Waals surface area contributed by atoms with Crippen LogP contribution in [0.15, 0.2) is 29.4 Å². The number of nitrogen functional groups attached to an aromatic ring is 1. The van der Waals surface area contributed by atoms with Gasteiger partial charge in [-0.05, 0) is 18.4 Å². The number of rotatable bonds is 3. The first kappa shape index (κ1) is 15.6. The fourth-order valence-electron chi connectivity index (χ4n) is 2.11. The van der Waals surface area contributed by atoms with E-state index in [9.17, 15) is 13.2 Å². The SMILES string of the molecule is C=C(OCC)c1c(N)ncc2c(C(F)(F)F)c(Br)ccc12. The van der Waals surface area contributed by atoms with Crippen LogP contribution >= 0.6 is 15.9 Å². The van der Waals surface area contributed by atoms with Gasteiger partial charge < -0.3 is 10.5 Å². The molecule has 1 aromatic heterocycles. The molecule has 112 valence electrons. The van der Waals surface area contributed by atoms with Crippen molar-refractivity contribution in [3.05, 3.63) is 40.5 Å². The van der Waals surface area contributed by atoms with Crippen LogP contribution in [0, 0.1) is 0 Å². The quantitative estimate of drug-likeness (QED) is 0.813. The molecular weight excluding hydrogens is 349 g/mol. The molecule has 21 heavy (non-hydrogen) atoms. The van der Waals surface area contributed by atoms with Gasteiger partial charge in [-0.1, -0.05) is 28.6 Å². The minimum absolute atomic E-state index is 0.0537. The van der Waals surface area contributed by atoms with Crippen LogP contribution in [0.3, 0.4) is 0 Å². The average molecular weight is 361 g/mol. The Morgan fingerprint density at radius 2 is 2.05 bits per heavy atom. The molecule has 0 aliphatic heterocycles. The van der Waals surface area contributed by atoms with Crippen molar-refractivity contribution < 1.29 is 17.9 Å². The Hall–Kier alpha value is -1.76. The second-order valence-electron chi connectivity index (χ2n) is 4.26. The topological polar surface area (TPSA) is 48.1 Å². The van der Waals surface area contributed by atoms with Crippen LogP contribution in [-0.4, -0.2) is 11.6 Å². The predicted molar refractivity (Wildman–Crippen MR) is 79.5 cm³/mol. The zero-order valence-electron chi connectivity index (χ0n) is 11.1. The molecule has 0 atom stereocenters. The Balaban J connectivity index is 2.84. The van der Waals surface area contributed by atoms with E-state index >= 15 is 0 Å². The van der Waals surface area contributed by atoms with Crippen molar-refractivity contribution in [2.45, 2.75) is 13.1 Å². The number of anilines is 1. The van der Waals surface area contributed by atoms with Crippen LogP contribution in [0.25, 0.3) is 16.5 Å². The fraction of sp³-hybridized carbons (Fsp3) is 0.214. The summed E-state index contributed by atoms with van der Waals surface area (Å²) in [6.07, 6.45) is -3.40. The Morgan fingerprint density at radius 3 is 2.62 bits per heavy atom. The van der Waals surface area contributed by atoms with Gasteiger partial charge in [0.05, 0.1) is 17.7 Å². The molecule has 3 nitrogen and oxygen atoms in total. The summed E-state index contributed by atoms with van der Waals surface area (Å²) >= 11 is 2.93. The Morgan fingerprint density at radius 1 is 1.38 bits per heavy atom. The van der Waals surface area contributed by atoms with E-state index in [2.05, 4.69) is 27.5 Å². The average Bonchev–Trinajstić information content (AvgIpc) is 2.37. The molecule has 0 aliphatic rings. The summed E-state index contributed by atoms with van der Waals surface area (Å²) in [6.45, 7) is 5.78. The maximum Gasteiger partial charge on any atom is 0.418 e. The number of hydrogen-bond donors (Lipinski definition) is 1. The van der Waals surface area contributed by atoms with Gasteiger partial charge in [-0.15, -0.1) is 0 Å². The highest BCUT2D eigenvalue weighted by atomic mass is 79.9. The first-order chi connectivity index (χ1) is 9.77. The van der Waals surface area contributed by atoms with Crippen molar-refractivity contribution in [2.24, 2.45) is 0 Å². The van der Waals surface area contributed by atoms with Crippen LogP contribution in [0.4, 0.5) is 19.0 Å². The Labute approximate surface area is 127 Å². The molecular formula is C14H12BrF3N2O. The van der Waals surface area contributed by atoms with E-state index < -0.39 is 11.7 Å². The molecule has 0 spiro atoms. The lowest BCUT2D eigenvalue weighted by atomic mass is 10.0. The van der Waals surface area contributed by atoms with Crippen LogP contribution in [-0.2, 0) is 10.9 Å². The number of nitrogens with two attached hydrogens (primary N) is 1. The molecule has 2 N–H and O–H groups in total. The van der Waals surface area contributed by atoms with E-state index in [1.165, 1.54) is 12.1 Å². The predicted octanol–water partition coefficient (Wildman–Crippen LogP) is 4.61. The van der Waals surface area contributed by atoms with Crippen molar-refractivity contribution >= 4 is 38.3 Å². The maximum absolute atomic E-state index is 13.2. The summed E-state index contributed by atoms with van der Waals surface area (Å²) < 4.78 is 44.9. The molecule has 0 fully saturated rings. The van der Waals surface area contributed by atoms with Crippen LogP contribution in [0.2, 0.25) is 0 Å². The van der Waals surface area contributed by atoms with Gasteiger partial charge in [-0.25, -0.2) is 4.98 Å². The van der Waals surface area contributed by atoms with Gasteiger partial charge in [0.2, 0.25) is 0 Å². The van der Waals surface area contributed by atoms with Crippen LogP contribution < -0.4 is 5.73 Å². The number of halogens is 4. The standard InChI is InChI=1S/C14H12BrF3N2O/c1-3-21-7(2)11-8-4-5-10(15)12(14(16,17)18)9(8)6-20-13(11)19/h4-6H,2-3H2,1H3,(H2,19,20). The lowest BCUT2D eigenvalue weighted by molar-refractivity contribution is -0.136. The highest BCUT2D eigenvalue weighted by molar-refractivity contribution is 9.10. The summed E-state index contributed by atoms with van der Waals surface area (Å²) in [5.41, 5.74) is 5.26. The van der Waals surface area contributed by atoms with E-state index in [0.29, 0.717) is 12.0 Å². The van der Waals surface area contributed by atoms with Gasteiger partial charge in [0.1, 0.15) is 11.6 Å². The molecule has 0 bridgehead atoms. The van der Waals surface area contributed by atoms with Crippen LogP contribution in [0.1, 0.15) is 18.1 Å². The number of fused-ring (bicyclic) bond motifs is 1.